The molecule has 0 saturated carbocycles. The van der Waals surface area contributed by atoms with Crippen LogP contribution < -0.4 is 10.6 Å². The predicted octanol–water partition coefficient (Wildman–Crippen LogP) is 3.66. The molecule has 1 aliphatic heterocycles. The van der Waals surface area contributed by atoms with Gasteiger partial charge < -0.3 is 10.6 Å². The molecule has 4 heteroatoms. The second kappa shape index (κ2) is 7.62. The first-order valence-corrected chi connectivity index (χ1v) is 7.24. The average molecular weight is 286 g/mol. The van der Waals surface area contributed by atoms with Crippen molar-refractivity contribution < 1.29 is 0 Å². The maximum absolute atomic E-state index is 7.86. The van der Waals surface area contributed by atoms with Gasteiger partial charge in [0.25, 0.3) is 0 Å². The standard InChI is InChI=1S/C17H26N4/c1-7-11(2)8-17(18)20-13(4)10-19-16-9-12(3)14(5)21-15(16)6/h8-10,14,21H,6-7H2,1-5H3,(H2,18,20)/b11-8+,13-10+,19-16?. The summed E-state index contributed by atoms with van der Waals surface area (Å²) in [6, 6.07) is 0.301. The molecular weight excluding hydrogens is 260 g/mol. The number of hydrogen-bond acceptors (Lipinski definition) is 3. The topological polar surface area (TPSA) is 60.3 Å². The minimum atomic E-state index is 0.301. The largest absolute Gasteiger partial charge is 0.378 e. The van der Waals surface area contributed by atoms with Crippen LogP contribution in [0.1, 0.15) is 41.0 Å². The fourth-order valence-electron chi connectivity index (χ4n) is 1.79. The van der Waals surface area contributed by atoms with Gasteiger partial charge in [0.1, 0.15) is 5.84 Å². The molecule has 3 N–H and O–H groups in total. The second-order valence-corrected chi connectivity index (χ2v) is 5.44. The van der Waals surface area contributed by atoms with Crippen LogP contribution in [0.2, 0.25) is 0 Å². The minimum absolute atomic E-state index is 0.301. The number of aliphatic imine (C=N–C) groups is 1. The van der Waals surface area contributed by atoms with Gasteiger partial charge in [-0.2, -0.15) is 0 Å². The van der Waals surface area contributed by atoms with Gasteiger partial charge in [-0.05, 0) is 51.8 Å². The van der Waals surface area contributed by atoms with E-state index in [4.69, 9.17) is 5.41 Å². The molecule has 1 heterocycles. The van der Waals surface area contributed by atoms with Gasteiger partial charge in [-0.3, -0.25) is 10.4 Å². The lowest BCUT2D eigenvalue weighted by Gasteiger charge is -2.23. The zero-order valence-corrected chi connectivity index (χ0v) is 13.7. The van der Waals surface area contributed by atoms with Crippen LogP contribution in [0, 0.1) is 5.41 Å². The molecule has 114 valence electrons. The summed E-state index contributed by atoms with van der Waals surface area (Å²) in [4.78, 5) is 4.44. The fraction of sp³-hybridized carbons (Fsp3) is 0.412. The lowest BCUT2D eigenvalue weighted by Crippen LogP contribution is -2.33. The van der Waals surface area contributed by atoms with Crippen molar-refractivity contribution in [3.8, 4) is 0 Å². The van der Waals surface area contributed by atoms with Crippen molar-refractivity contribution >= 4 is 11.5 Å². The number of nitrogens with zero attached hydrogens (tertiary/aromatic N) is 1. The normalized spacial score (nSPS) is 22.0. The number of rotatable bonds is 4. The number of allylic oxidation sites excluding steroid dienone is 3. The van der Waals surface area contributed by atoms with Crippen molar-refractivity contribution in [3.63, 3.8) is 0 Å². The Balaban J connectivity index is 2.77. The summed E-state index contributed by atoms with van der Waals surface area (Å²) in [6.45, 7) is 14.1. The molecule has 1 rings (SSSR count). The Morgan fingerprint density at radius 1 is 1.52 bits per heavy atom. The molecule has 0 radical (unpaired) electrons. The van der Waals surface area contributed by atoms with Crippen molar-refractivity contribution in [2.24, 2.45) is 4.99 Å². The van der Waals surface area contributed by atoms with Gasteiger partial charge in [0.2, 0.25) is 0 Å². The van der Waals surface area contributed by atoms with Gasteiger partial charge in [0, 0.05) is 17.9 Å². The van der Waals surface area contributed by atoms with E-state index in [-0.39, 0.29) is 0 Å². The molecule has 0 fully saturated rings. The Hall–Kier alpha value is -2.10. The Kier molecular flexibility index (Phi) is 6.15. The Labute approximate surface area is 127 Å². The van der Waals surface area contributed by atoms with Crippen LogP contribution >= 0.6 is 0 Å². The molecular formula is C17H26N4. The van der Waals surface area contributed by atoms with Crippen LogP contribution in [-0.4, -0.2) is 17.6 Å². The van der Waals surface area contributed by atoms with E-state index in [1.165, 1.54) is 11.1 Å². The molecule has 21 heavy (non-hydrogen) atoms. The van der Waals surface area contributed by atoms with Crippen molar-refractivity contribution in [1.29, 1.82) is 5.41 Å². The molecule has 0 aromatic rings. The number of nitrogens with one attached hydrogen (secondary N) is 3. The van der Waals surface area contributed by atoms with Crippen LogP contribution in [0.15, 0.2) is 52.5 Å². The van der Waals surface area contributed by atoms with Crippen LogP contribution in [0.4, 0.5) is 0 Å². The molecule has 0 amide bonds. The van der Waals surface area contributed by atoms with Gasteiger partial charge in [-0.25, -0.2) is 0 Å². The lowest BCUT2D eigenvalue weighted by molar-refractivity contribution is 0.704. The van der Waals surface area contributed by atoms with Crippen LogP contribution in [-0.2, 0) is 0 Å². The van der Waals surface area contributed by atoms with Crippen molar-refractivity contribution in [2.75, 3.05) is 0 Å². The van der Waals surface area contributed by atoms with Crippen LogP contribution in [0.5, 0.6) is 0 Å². The van der Waals surface area contributed by atoms with E-state index in [1.54, 1.807) is 6.20 Å². The molecule has 0 aromatic carbocycles. The molecule has 0 saturated heterocycles. The average Bonchev–Trinajstić information content (AvgIpc) is 2.41. The summed E-state index contributed by atoms with van der Waals surface area (Å²) in [7, 11) is 0. The zero-order valence-electron chi connectivity index (χ0n) is 13.7. The number of hydrogen-bond donors (Lipinski definition) is 3. The SMILES string of the molecule is C=C1NC(C)C(C)=CC1=N/C=C(\C)NC(=N)/C=C(\C)CC. The van der Waals surface area contributed by atoms with Crippen LogP contribution in [0.3, 0.4) is 0 Å². The molecule has 0 aromatic heterocycles. The monoisotopic (exact) mass is 286 g/mol. The first kappa shape index (κ1) is 17.0. The van der Waals surface area contributed by atoms with E-state index >= 15 is 0 Å². The maximum atomic E-state index is 7.86. The number of amidine groups is 1. The molecule has 0 bridgehead atoms. The van der Waals surface area contributed by atoms with Gasteiger partial charge in [-0.15, -0.1) is 0 Å². The van der Waals surface area contributed by atoms with Crippen molar-refractivity contribution in [3.05, 3.63) is 47.5 Å². The highest BCUT2D eigenvalue weighted by atomic mass is 15.0. The minimum Gasteiger partial charge on any atom is -0.378 e. The van der Waals surface area contributed by atoms with E-state index < -0.39 is 0 Å². The fourth-order valence-corrected chi connectivity index (χ4v) is 1.79. The Bertz CT molecular complexity index is 547. The zero-order chi connectivity index (χ0) is 16.0. The van der Waals surface area contributed by atoms with E-state index in [9.17, 15) is 0 Å². The van der Waals surface area contributed by atoms with Crippen molar-refractivity contribution in [2.45, 2.75) is 47.1 Å². The third-order valence-corrected chi connectivity index (χ3v) is 3.42. The predicted molar refractivity (Wildman–Crippen MR) is 91.6 cm³/mol. The highest BCUT2D eigenvalue weighted by Crippen LogP contribution is 2.12. The van der Waals surface area contributed by atoms with Crippen molar-refractivity contribution in [1.82, 2.24) is 10.6 Å². The summed E-state index contributed by atoms with van der Waals surface area (Å²) in [5, 5.41) is 14.1. The summed E-state index contributed by atoms with van der Waals surface area (Å²) in [5.74, 6) is 0.379. The first-order valence-electron chi connectivity index (χ1n) is 7.24. The highest BCUT2D eigenvalue weighted by Gasteiger charge is 2.14. The van der Waals surface area contributed by atoms with E-state index in [0.717, 1.165) is 23.5 Å². The van der Waals surface area contributed by atoms with Gasteiger partial charge in [0.05, 0.1) is 11.4 Å². The smallest absolute Gasteiger partial charge is 0.122 e. The molecule has 1 atom stereocenters. The second-order valence-electron chi connectivity index (χ2n) is 5.44. The van der Waals surface area contributed by atoms with E-state index in [2.05, 4.69) is 43.0 Å². The van der Waals surface area contributed by atoms with Gasteiger partial charge in [-0.1, -0.05) is 19.1 Å². The molecule has 1 aliphatic rings. The lowest BCUT2D eigenvalue weighted by atomic mass is 10.0. The third-order valence-electron chi connectivity index (χ3n) is 3.42. The van der Waals surface area contributed by atoms with Gasteiger partial charge in [0.15, 0.2) is 0 Å². The third kappa shape index (κ3) is 5.42. The first-order chi connectivity index (χ1) is 9.83. The quantitative estimate of drug-likeness (QED) is 0.545. The molecule has 0 spiro atoms. The summed E-state index contributed by atoms with van der Waals surface area (Å²) < 4.78 is 0. The summed E-state index contributed by atoms with van der Waals surface area (Å²) in [6.07, 6.45) is 6.55. The van der Waals surface area contributed by atoms with Gasteiger partial charge >= 0.3 is 0 Å². The molecule has 4 nitrogen and oxygen atoms in total. The molecule has 0 aliphatic carbocycles. The Morgan fingerprint density at radius 3 is 2.81 bits per heavy atom. The van der Waals surface area contributed by atoms with E-state index in [1.807, 2.05) is 26.0 Å². The van der Waals surface area contributed by atoms with Crippen LogP contribution in [0.25, 0.3) is 0 Å². The summed E-state index contributed by atoms with van der Waals surface area (Å²) in [5.41, 5.74) is 4.89. The Morgan fingerprint density at radius 2 is 2.19 bits per heavy atom. The maximum Gasteiger partial charge on any atom is 0.122 e. The summed E-state index contributed by atoms with van der Waals surface area (Å²) >= 11 is 0. The molecule has 1 unspecified atom stereocenters. The van der Waals surface area contributed by atoms with E-state index in [0.29, 0.717) is 11.9 Å². The highest BCUT2D eigenvalue weighted by molar-refractivity contribution is 6.09.